The van der Waals surface area contributed by atoms with Crippen LogP contribution in [0, 0.1) is 0 Å². The van der Waals surface area contributed by atoms with Crippen LogP contribution in [0.5, 0.6) is 0 Å². The number of carbonyl (C=O) groups excluding carboxylic acids is 2. The predicted molar refractivity (Wildman–Crippen MR) is 106 cm³/mol. The maximum Gasteiger partial charge on any atom is 0.311 e. The van der Waals surface area contributed by atoms with Gasteiger partial charge < -0.3 is 4.74 Å². The van der Waals surface area contributed by atoms with Crippen molar-refractivity contribution in [2.24, 2.45) is 5.10 Å². The van der Waals surface area contributed by atoms with Gasteiger partial charge in [0.15, 0.2) is 6.61 Å². The zero-order valence-corrected chi connectivity index (χ0v) is 15.3. The maximum absolute atomic E-state index is 12.0. The maximum atomic E-state index is 12.0. The Hall–Kier alpha value is -3.25. The molecule has 0 aliphatic heterocycles. The predicted octanol–water partition coefficient (Wildman–Crippen LogP) is 3.40. The third-order valence-electron chi connectivity index (χ3n) is 3.65. The molecule has 0 aliphatic rings. The number of ether oxygens (including phenoxy) is 1. The Labute approximate surface area is 161 Å². The Kier molecular flexibility index (Phi) is 6.49. The molecule has 0 bridgehead atoms. The minimum Gasteiger partial charge on any atom is -0.455 e. The number of nitrogens with zero attached hydrogens (tertiary/aromatic N) is 1. The molecule has 2 aromatic carbocycles. The van der Waals surface area contributed by atoms with Gasteiger partial charge in [-0.2, -0.15) is 5.10 Å². The molecule has 0 fully saturated rings. The average Bonchev–Trinajstić information content (AvgIpc) is 3.21. The molecule has 0 saturated heterocycles. The molecule has 1 aromatic heterocycles. The fourth-order valence-electron chi connectivity index (χ4n) is 2.39. The minimum atomic E-state index is -0.487. The van der Waals surface area contributed by atoms with Crippen molar-refractivity contribution >= 4 is 28.9 Å². The second-order valence-corrected chi connectivity index (χ2v) is 6.68. The molecule has 0 atom stereocenters. The van der Waals surface area contributed by atoms with Crippen LogP contribution in [0.25, 0.3) is 0 Å². The van der Waals surface area contributed by atoms with Gasteiger partial charge in [0.1, 0.15) is 0 Å². The molecule has 27 heavy (non-hydrogen) atoms. The lowest BCUT2D eigenvalue weighted by atomic mass is 10.0. The van der Waals surface area contributed by atoms with Gasteiger partial charge in [0.05, 0.1) is 12.1 Å². The zero-order chi connectivity index (χ0) is 18.9. The van der Waals surface area contributed by atoms with Crippen molar-refractivity contribution in [1.82, 2.24) is 5.43 Å². The van der Waals surface area contributed by atoms with Crippen LogP contribution < -0.4 is 5.43 Å². The molecule has 1 heterocycles. The lowest BCUT2D eigenvalue weighted by molar-refractivity contribution is -0.147. The largest absolute Gasteiger partial charge is 0.455 e. The van der Waals surface area contributed by atoms with Crippen molar-refractivity contribution in [2.75, 3.05) is 6.61 Å². The molecule has 0 unspecified atom stereocenters. The van der Waals surface area contributed by atoms with Crippen LogP contribution in [0.15, 0.2) is 83.3 Å². The molecule has 6 heteroatoms. The Morgan fingerprint density at radius 1 is 0.889 bits per heavy atom. The normalized spacial score (nSPS) is 10.1. The Morgan fingerprint density at radius 3 is 2.07 bits per heavy atom. The molecular weight excluding hydrogens is 360 g/mol. The molecule has 136 valence electrons. The summed E-state index contributed by atoms with van der Waals surface area (Å²) in [5.74, 6) is -0.929. The first-order chi connectivity index (χ1) is 13.2. The molecule has 0 radical (unpaired) electrons. The van der Waals surface area contributed by atoms with Gasteiger partial charge in [0, 0.05) is 16.0 Å². The van der Waals surface area contributed by atoms with E-state index in [0.717, 1.165) is 16.0 Å². The summed E-state index contributed by atoms with van der Waals surface area (Å²) in [6.45, 7) is -0.370. The van der Waals surface area contributed by atoms with Gasteiger partial charge in [-0.3, -0.25) is 9.59 Å². The van der Waals surface area contributed by atoms with E-state index in [-0.39, 0.29) is 13.0 Å². The van der Waals surface area contributed by atoms with Gasteiger partial charge >= 0.3 is 5.97 Å². The number of nitrogens with one attached hydrogen (secondary N) is 1. The number of hydrazone groups is 1. The van der Waals surface area contributed by atoms with Gasteiger partial charge in [0.25, 0.3) is 5.91 Å². The van der Waals surface area contributed by atoms with E-state index in [1.165, 1.54) is 11.3 Å². The van der Waals surface area contributed by atoms with E-state index < -0.39 is 11.9 Å². The first-order valence-corrected chi connectivity index (χ1v) is 9.26. The number of hydrogen-bond donors (Lipinski definition) is 1. The lowest BCUT2D eigenvalue weighted by Gasteiger charge is -2.08. The summed E-state index contributed by atoms with van der Waals surface area (Å²) in [4.78, 5) is 24.7. The van der Waals surface area contributed by atoms with Crippen LogP contribution >= 0.6 is 11.3 Å². The molecule has 1 amide bonds. The third kappa shape index (κ3) is 5.62. The minimum absolute atomic E-state index is 0.160. The van der Waals surface area contributed by atoms with Gasteiger partial charge in [-0.1, -0.05) is 66.7 Å². The van der Waals surface area contributed by atoms with E-state index in [2.05, 4.69) is 10.5 Å². The topological polar surface area (TPSA) is 67.8 Å². The standard InChI is InChI=1S/C21H18N2O3S/c24-19(15-26-20(25)14-18-12-7-13-27-18)22-23-21(16-8-3-1-4-9-16)17-10-5-2-6-11-17/h1-13H,14-15H2,(H,22,24). The van der Waals surface area contributed by atoms with Crippen molar-refractivity contribution in [3.63, 3.8) is 0 Å². The van der Waals surface area contributed by atoms with Crippen LogP contribution in [0.1, 0.15) is 16.0 Å². The molecule has 5 nitrogen and oxygen atoms in total. The van der Waals surface area contributed by atoms with Crippen LogP contribution in [-0.2, 0) is 20.7 Å². The summed E-state index contributed by atoms with van der Waals surface area (Å²) in [6.07, 6.45) is 0.160. The second kappa shape index (κ2) is 9.45. The number of carbonyl (C=O) groups is 2. The smallest absolute Gasteiger partial charge is 0.311 e. The number of esters is 1. The summed E-state index contributed by atoms with van der Waals surface area (Å²) < 4.78 is 5.01. The highest BCUT2D eigenvalue weighted by Crippen LogP contribution is 2.11. The third-order valence-corrected chi connectivity index (χ3v) is 4.53. The Balaban J connectivity index is 1.62. The van der Waals surface area contributed by atoms with E-state index in [1.54, 1.807) is 0 Å². The monoisotopic (exact) mass is 378 g/mol. The van der Waals surface area contributed by atoms with Crippen molar-refractivity contribution in [3.05, 3.63) is 94.2 Å². The van der Waals surface area contributed by atoms with Gasteiger partial charge in [-0.15, -0.1) is 11.3 Å². The summed E-state index contributed by atoms with van der Waals surface area (Å²) in [5.41, 5.74) is 4.85. The van der Waals surface area contributed by atoms with E-state index >= 15 is 0 Å². The van der Waals surface area contributed by atoms with Gasteiger partial charge in [-0.05, 0) is 11.4 Å². The van der Waals surface area contributed by atoms with Crippen molar-refractivity contribution in [2.45, 2.75) is 6.42 Å². The van der Waals surface area contributed by atoms with Gasteiger partial charge in [-0.25, -0.2) is 5.43 Å². The summed E-state index contributed by atoms with van der Waals surface area (Å²) in [6, 6.07) is 22.8. The lowest BCUT2D eigenvalue weighted by Crippen LogP contribution is -2.26. The quantitative estimate of drug-likeness (QED) is 0.389. The zero-order valence-electron chi connectivity index (χ0n) is 14.5. The number of benzene rings is 2. The molecule has 3 aromatic rings. The molecule has 0 aliphatic carbocycles. The number of hydrogen-bond acceptors (Lipinski definition) is 5. The first kappa shape index (κ1) is 18.5. The second-order valence-electron chi connectivity index (χ2n) is 5.64. The van der Waals surface area contributed by atoms with E-state index in [0.29, 0.717) is 5.71 Å². The summed E-state index contributed by atoms with van der Waals surface area (Å²) >= 11 is 1.47. The highest BCUT2D eigenvalue weighted by molar-refractivity contribution is 7.10. The highest BCUT2D eigenvalue weighted by atomic mass is 32.1. The van der Waals surface area contributed by atoms with Crippen molar-refractivity contribution < 1.29 is 14.3 Å². The summed E-state index contributed by atoms with van der Waals surface area (Å²) in [5, 5.41) is 6.13. The van der Waals surface area contributed by atoms with Gasteiger partial charge in [0.2, 0.25) is 0 Å². The van der Waals surface area contributed by atoms with Crippen molar-refractivity contribution in [1.29, 1.82) is 0 Å². The van der Waals surface area contributed by atoms with E-state index in [9.17, 15) is 9.59 Å². The molecule has 1 N–H and O–H groups in total. The first-order valence-electron chi connectivity index (χ1n) is 8.38. The number of amides is 1. The Bertz CT molecular complexity index is 866. The van der Waals surface area contributed by atoms with Crippen LogP contribution in [0.2, 0.25) is 0 Å². The average molecular weight is 378 g/mol. The number of thiophene rings is 1. The molecular formula is C21H18N2O3S. The fourth-order valence-corrected chi connectivity index (χ4v) is 3.08. The van der Waals surface area contributed by atoms with Crippen molar-refractivity contribution in [3.8, 4) is 0 Å². The highest BCUT2D eigenvalue weighted by Gasteiger charge is 2.10. The van der Waals surface area contributed by atoms with Crippen LogP contribution in [-0.4, -0.2) is 24.2 Å². The van der Waals surface area contributed by atoms with E-state index in [4.69, 9.17) is 4.74 Å². The molecule has 0 saturated carbocycles. The molecule has 0 spiro atoms. The SMILES string of the molecule is O=C(COC(=O)Cc1cccs1)NN=C(c1ccccc1)c1ccccc1. The van der Waals surface area contributed by atoms with Crippen LogP contribution in [0.3, 0.4) is 0 Å². The number of rotatable bonds is 7. The van der Waals surface area contributed by atoms with Crippen LogP contribution in [0.4, 0.5) is 0 Å². The fraction of sp³-hybridized carbons (Fsp3) is 0.0952. The Morgan fingerprint density at radius 2 is 1.52 bits per heavy atom. The molecule has 3 rings (SSSR count). The van der Waals surface area contributed by atoms with E-state index in [1.807, 2.05) is 78.2 Å². The summed E-state index contributed by atoms with van der Waals surface area (Å²) in [7, 11) is 0.